The lowest BCUT2D eigenvalue weighted by Gasteiger charge is -2.16. The van der Waals surface area contributed by atoms with Gasteiger partial charge in [-0.25, -0.2) is 4.57 Å². The summed E-state index contributed by atoms with van der Waals surface area (Å²) in [6.45, 7) is 5.69. The molecular weight excluding hydrogens is 287 g/mol. The average molecular weight is 302 g/mol. The van der Waals surface area contributed by atoms with Crippen molar-refractivity contribution in [2.45, 2.75) is 26.7 Å². The second-order valence-corrected chi connectivity index (χ2v) is 6.32. The molecule has 2 aromatic heterocycles. The van der Waals surface area contributed by atoms with Crippen molar-refractivity contribution in [1.82, 2.24) is 8.94 Å². The van der Waals surface area contributed by atoms with E-state index in [-0.39, 0.29) is 11.5 Å². The van der Waals surface area contributed by atoms with Gasteiger partial charge < -0.3 is 0 Å². The average Bonchev–Trinajstić information content (AvgIpc) is 2.85. The largest absolute Gasteiger partial charge is 0.268 e. The number of benzene rings is 1. The molecule has 0 saturated heterocycles. The molecular formula is C16H15FN2OS. The standard InChI is InChI=1S/C16H15FN2OS/c1-9(2)14-11-6-4-5-7-12(11)16(20)19(15(14)17)13-8-18-21-10(13)3/h4-9H,1-3H3. The molecule has 0 amide bonds. The molecule has 21 heavy (non-hydrogen) atoms. The second kappa shape index (κ2) is 5.07. The van der Waals surface area contributed by atoms with E-state index in [0.29, 0.717) is 22.0 Å². The number of aryl methyl sites for hydroxylation is 1. The van der Waals surface area contributed by atoms with E-state index in [1.165, 1.54) is 11.5 Å². The van der Waals surface area contributed by atoms with Crippen LogP contribution in [-0.4, -0.2) is 8.94 Å². The third-order valence-electron chi connectivity index (χ3n) is 3.61. The molecule has 0 unspecified atom stereocenters. The number of rotatable bonds is 2. The minimum Gasteiger partial charge on any atom is -0.268 e. The zero-order chi connectivity index (χ0) is 15.1. The quantitative estimate of drug-likeness (QED) is 0.670. The molecule has 3 nitrogen and oxygen atoms in total. The Morgan fingerprint density at radius 1 is 1.24 bits per heavy atom. The Hall–Kier alpha value is -2.01. The molecule has 0 atom stereocenters. The second-order valence-electron chi connectivity index (χ2n) is 5.31. The van der Waals surface area contributed by atoms with Crippen LogP contribution in [0.25, 0.3) is 16.5 Å². The maximum Gasteiger partial charge on any atom is 0.265 e. The fourth-order valence-corrected chi connectivity index (χ4v) is 3.17. The van der Waals surface area contributed by atoms with Gasteiger partial charge in [-0.1, -0.05) is 32.0 Å². The summed E-state index contributed by atoms with van der Waals surface area (Å²) in [5, 5.41) is 1.22. The third-order valence-corrected chi connectivity index (χ3v) is 4.31. The van der Waals surface area contributed by atoms with Crippen LogP contribution in [-0.2, 0) is 0 Å². The summed E-state index contributed by atoms with van der Waals surface area (Å²) < 4.78 is 20.2. The molecule has 3 aromatic rings. The van der Waals surface area contributed by atoms with Gasteiger partial charge in [0, 0.05) is 15.8 Å². The van der Waals surface area contributed by atoms with Crippen LogP contribution in [0.5, 0.6) is 0 Å². The highest BCUT2D eigenvalue weighted by Gasteiger charge is 2.21. The smallest absolute Gasteiger partial charge is 0.265 e. The van der Waals surface area contributed by atoms with Gasteiger partial charge in [0.2, 0.25) is 5.95 Å². The molecule has 0 radical (unpaired) electrons. The first-order valence-corrected chi connectivity index (χ1v) is 7.54. The van der Waals surface area contributed by atoms with Crippen molar-refractivity contribution in [3.63, 3.8) is 0 Å². The first-order valence-electron chi connectivity index (χ1n) is 6.77. The number of fused-ring (bicyclic) bond motifs is 1. The van der Waals surface area contributed by atoms with E-state index in [1.54, 1.807) is 24.4 Å². The van der Waals surface area contributed by atoms with Crippen molar-refractivity contribution < 1.29 is 4.39 Å². The van der Waals surface area contributed by atoms with E-state index >= 15 is 0 Å². The summed E-state index contributed by atoms with van der Waals surface area (Å²) in [5.74, 6) is -0.509. The SMILES string of the molecule is Cc1sncc1-n1c(F)c(C(C)C)c2ccccc2c1=O. The number of halogens is 1. The highest BCUT2D eigenvalue weighted by Crippen LogP contribution is 2.28. The molecule has 0 aliphatic rings. The number of hydrogen-bond acceptors (Lipinski definition) is 3. The van der Waals surface area contributed by atoms with Crippen LogP contribution in [0.2, 0.25) is 0 Å². The Balaban J connectivity index is 2.52. The normalized spacial score (nSPS) is 11.5. The van der Waals surface area contributed by atoms with Crippen molar-refractivity contribution in [3.05, 3.63) is 57.2 Å². The monoisotopic (exact) mass is 302 g/mol. The van der Waals surface area contributed by atoms with Crippen LogP contribution in [0.3, 0.4) is 0 Å². The maximum absolute atomic E-state index is 15.0. The van der Waals surface area contributed by atoms with Crippen LogP contribution < -0.4 is 5.56 Å². The Labute approximate surface area is 125 Å². The molecule has 0 aliphatic heterocycles. The molecule has 108 valence electrons. The van der Waals surface area contributed by atoms with Crippen LogP contribution in [0.4, 0.5) is 4.39 Å². The van der Waals surface area contributed by atoms with E-state index in [1.807, 2.05) is 26.8 Å². The number of pyridine rings is 1. The number of hydrogen-bond donors (Lipinski definition) is 0. The minimum atomic E-state index is -0.489. The topological polar surface area (TPSA) is 34.9 Å². The summed E-state index contributed by atoms with van der Waals surface area (Å²) >= 11 is 1.26. The maximum atomic E-state index is 15.0. The summed E-state index contributed by atoms with van der Waals surface area (Å²) in [5.41, 5.74) is 0.752. The van der Waals surface area contributed by atoms with Crippen LogP contribution in [0.1, 0.15) is 30.2 Å². The number of nitrogens with zero attached hydrogens (tertiary/aromatic N) is 2. The van der Waals surface area contributed by atoms with Gasteiger partial charge in [-0.05, 0) is 35.8 Å². The molecule has 0 saturated carbocycles. The van der Waals surface area contributed by atoms with Gasteiger partial charge in [0.1, 0.15) is 0 Å². The molecule has 3 rings (SSSR count). The van der Waals surface area contributed by atoms with Gasteiger partial charge in [0.25, 0.3) is 5.56 Å². The lowest BCUT2D eigenvalue weighted by molar-refractivity contribution is 0.524. The van der Waals surface area contributed by atoms with Crippen molar-refractivity contribution in [1.29, 1.82) is 0 Å². The zero-order valence-electron chi connectivity index (χ0n) is 12.1. The van der Waals surface area contributed by atoms with Gasteiger partial charge >= 0.3 is 0 Å². The first-order chi connectivity index (χ1) is 10.0. The fraction of sp³-hybridized carbons (Fsp3) is 0.250. The Morgan fingerprint density at radius 3 is 2.48 bits per heavy atom. The van der Waals surface area contributed by atoms with E-state index in [4.69, 9.17) is 0 Å². The number of aromatic nitrogens is 2. The Kier molecular flexibility index (Phi) is 3.37. The van der Waals surface area contributed by atoms with Gasteiger partial charge in [-0.2, -0.15) is 8.76 Å². The van der Waals surface area contributed by atoms with E-state index < -0.39 is 5.95 Å². The highest BCUT2D eigenvalue weighted by molar-refractivity contribution is 7.06. The molecule has 0 bridgehead atoms. The predicted molar refractivity (Wildman–Crippen MR) is 84.0 cm³/mol. The van der Waals surface area contributed by atoms with E-state index in [2.05, 4.69) is 4.37 Å². The molecule has 5 heteroatoms. The lowest BCUT2D eigenvalue weighted by Crippen LogP contribution is -2.24. The van der Waals surface area contributed by atoms with Gasteiger partial charge in [0.15, 0.2) is 0 Å². The third kappa shape index (κ3) is 2.08. The molecule has 0 N–H and O–H groups in total. The van der Waals surface area contributed by atoms with Crippen molar-refractivity contribution >= 4 is 22.3 Å². The van der Waals surface area contributed by atoms with Crippen LogP contribution in [0.15, 0.2) is 35.3 Å². The Morgan fingerprint density at radius 2 is 1.90 bits per heavy atom. The summed E-state index contributed by atoms with van der Waals surface area (Å²) in [6.07, 6.45) is 1.54. The van der Waals surface area contributed by atoms with Gasteiger partial charge in [0.05, 0.1) is 11.9 Å². The van der Waals surface area contributed by atoms with Crippen molar-refractivity contribution in [2.75, 3.05) is 0 Å². The van der Waals surface area contributed by atoms with Crippen LogP contribution >= 0.6 is 11.5 Å². The predicted octanol–water partition coefficient (Wildman–Crippen LogP) is 4.02. The van der Waals surface area contributed by atoms with Crippen molar-refractivity contribution in [3.8, 4) is 5.69 Å². The molecule has 0 spiro atoms. The van der Waals surface area contributed by atoms with Gasteiger partial charge in [-0.15, -0.1) is 0 Å². The summed E-state index contributed by atoms with van der Waals surface area (Å²) in [6, 6.07) is 7.18. The highest BCUT2D eigenvalue weighted by atomic mass is 32.1. The van der Waals surface area contributed by atoms with Crippen molar-refractivity contribution in [2.24, 2.45) is 0 Å². The zero-order valence-corrected chi connectivity index (χ0v) is 12.9. The first kappa shape index (κ1) is 13.9. The molecule has 1 aromatic carbocycles. The minimum absolute atomic E-state index is 0.0198. The summed E-state index contributed by atoms with van der Waals surface area (Å²) in [4.78, 5) is 13.5. The van der Waals surface area contributed by atoms with Gasteiger partial charge in [-0.3, -0.25) is 4.79 Å². The molecule has 0 fully saturated rings. The summed E-state index contributed by atoms with van der Waals surface area (Å²) in [7, 11) is 0. The fourth-order valence-electron chi connectivity index (χ4n) is 2.62. The van der Waals surface area contributed by atoms with E-state index in [0.717, 1.165) is 9.44 Å². The molecule has 0 aliphatic carbocycles. The van der Waals surface area contributed by atoms with E-state index in [9.17, 15) is 9.18 Å². The lowest BCUT2D eigenvalue weighted by atomic mass is 9.98. The Bertz CT molecular complexity index is 880. The van der Waals surface area contributed by atoms with Crippen LogP contribution in [0, 0.1) is 12.9 Å². The molecule has 2 heterocycles.